The molecule has 0 saturated heterocycles. The molecule has 0 spiro atoms. The van der Waals surface area contributed by atoms with Gasteiger partial charge in [0.05, 0.1) is 17.0 Å². The average molecular weight is 344 g/mol. The second kappa shape index (κ2) is 9.33. The van der Waals surface area contributed by atoms with Gasteiger partial charge in [-0.15, -0.1) is 0 Å². The topological polar surface area (TPSA) is 52.5 Å². The Hall–Kier alpha value is -0.840. The minimum Gasteiger partial charge on any atom is -0.548 e. The molecule has 2 rings (SSSR count). The van der Waals surface area contributed by atoms with Gasteiger partial charge in [-0.05, 0) is 17.7 Å². The molecule has 6 heteroatoms. The van der Waals surface area contributed by atoms with Gasteiger partial charge in [-0.25, -0.2) is 0 Å². The van der Waals surface area contributed by atoms with Crippen LogP contribution in [0.5, 0.6) is 0 Å². The third-order valence-electron chi connectivity index (χ3n) is 2.90. The molecule has 0 fully saturated rings. The van der Waals surface area contributed by atoms with Gasteiger partial charge in [-0.2, -0.15) is 0 Å². The maximum atomic E-state index is 11.2. The summed E-state index contributed by atoms with van der Waals surface area (Å²) in [5.41, 5.74) is 1.49. The molecular weight excluding hydrogens is 332 g/mol. The molecule has 3 nitrogen and oxygen atoms in total. The number of carbonyl (C=O) groups excluding carboxylic acids is 1. The second-order valence-corrected chi connectivity index (χ2v) is 5.31. The summed E-state index contributed by atoms with van der Waals surface area (Å²) in [6.45, 7) is 0. The van der Waals surface area contributed by atoms with Gasteiger partial charge < -0.3 is 9.90 Å². The van der Waals surface area contributed by atoms with Crippen LogP contribution in [0.3, 0.4) is 0 Å². The molecule has 0 bridgehead atoms. The number of hydrogen-bond acceptors (Lipinski definition) is 3. The smallest absolute Gasteiger partial charge is 0.548 e. The maximum Gasteiger partial charge on any atom is 1.00 e. The fourth-order valence-corrected chi connectivity index (χ4v) is 2.27. The molecule has 1 unspecified atom stereocenters. The third-order valence-corrected chi connectivity index (χ3v) is 3.46. The molecule has 108 valence electrons. The number of rotatable bonds is 5. The number of halogens is 2. The zero-order chi connectivity index (χ0) is 15.2. The Bertz CT molecular complexity index is 662. The van der Waals surface area contributed by atoms with Crippen LogP contribution in [-0.2, 0) is 11.2 Å². The summed E-state index contributed by atoms with van der Waals surface area (Å²) in [6.07, 6.45) is 1.70. The molecular formula is C16H12Cl2NNaO2. The fourth-order valence-electron chi connectivity index (χ4n) is 1.81. The van der Waals surface area contributed by atoms with Crippen molar-refractivity contribution in [2.45, 2.75) is 12.5 Å². The van der Waals surface area contributed by atoms with Crippen LogP contribution in [-0.4, -0.2) is 18.2 Å². The number of benzene rings is 2. The molecule has 0 heterocycles. The van der Waals surface area contributed by atoms with Crippen LogP contribution in [0.4, 0.5) is 0 Å². The zero-order valence-corrected chi connectivity index (χ0v) is 15.5. The van der Waals surface area contributed by atoms with Crippen molar-refractivity contribution in [1.29, 1.82) is 0 Å². The normalized spacial score (nSPS) is 11.9. The molecule has 0 saturated carbocycles. The first kappa shape index (κ1) is 19.2. The van der Waals surface area contributed by atoms with Crippen LogP contribution in [0.25, 0.3) is 0 Å². The number of carbonyl (C=O) groups is 1. The molecule has 1 atom stereocenters. The van der Waals surface area contributed by atoms with Crippen LogP contribution in [0, 0.1) is 0 Å². The zero-order valence-electron chi connectivity index (χ0n) is 12.0. The van der Waals surface area contributed by atoms with Gasteiger partial charge >= 0.3 is 29.6 Å². The van der Waals surface area contributed by atoms with Gasteiger partial charge in [0, 0.05) is 23.2 Å². The van der Waals surface area contributed by atoms with Gasteiger partial charge in [-0.3, -0.25) is 4.99 Å². The average Bonchev–Trinajstić information content (AvgIpc) is 2.46. The van der Waals surface area contributed by atoms with Crippen molar-refractivity contribution < 1.29 is 39.5 Å². The summed E-state index contributed by atoms with van der Waals surface area (Å²) in [4.78, 5) is 15.2. The van der Waals surface area contributed by atoms with Gasteiger partial charge in [-0.1, -0.05) is 59.6 Å². The van der Waals surface area contributed by atoms with Gasteiger partial charge in [0.15, 0.2) is 0 Å². The minimum atomic E-state index is -1.22. The van der Waals surface area contributed by atoms with Crippen molar-refractivity contribution in [3.63, 3.8) is 0 Å². The van der Waals surface area contributed by atoms with Crippen LogP contribution < -0.4 is 34.7 Å². The largest absolute Gasteiger partial charge is 1.00 e. The molecule has 0 aliphatic heterocycles. The van der Waals surface area contributed by atoms with E-state index in [0.717, 1.165) is 5.56 Å². The standard InChI is InChI=1S/C16H13Cl2NO2.Na/c17-13-7-6-12(14(18)9-13)10-19-15(16(20)21)8-11-4-2-1-3-5-11;/h1-7,9-10,15H,8H2,(H,20,21);/q;+1/p-1. The number of aliphatic carboxylic acids is 1. The second-order valence-electron chi connectivity index (χ2n) is 4.47. The summed E-state index contributed by atoms with van der Waals surface area (Å²) in [5, 5.41) is 12.1. The fraction of sp³-hybridized carbons (Fsp3) is 0.125. The summed E-state index contributed by atoms with van der Waals surface area (Å²) >= 11 is 11.8. The van der Waals surface area contributed by atoms with E-state index in [0.29, 0.717) is 15.6 Å². The molecule has 22 heavy (non-hydrogen) atoms. The van der Waals surface area contributed by atoms with E-state index in [2.05, 4.69) is 4.99 Å². The third kappa shape index (κ3) is 5.75. The molecule has 2 aromatic carbocycles. The van der Waals surface area contributed by atoms with E-state index >= 15 is 0 Å². The number of carboxylic acids is 1. The predicted molar refractivity (Wildman–Crippen MR) is 83.0 cm³/mol. The Morgan fingerprint density at radius 1 is 1.18 bits per heavy atom. The molecule has 2 aromatic rings. The van der Waals surface area contributed by atoms with E-state index in [9.17, 15) is 9.90 Å². The quantitative estimate of drug-likeness (QED) is 0.556. The van der Waals surface area contributed by atoms with Crippen LogP contribution in [0.1, 0.15) is 11.1 Å². The Labute approximate surface area is 161 Å². The Balaban J connectivity index is 0.00000242. The van der Waals surface area contributed by atoms with E-state index in [1.807, 2.05) is 30.3 Å². The molecule has 0 radical (unpaired) electrons. The first-order valence-corrected chi connectivity index (χ1v) is 7.05. The first-order chi connectivity index (χ1) is 10.1. The Morgan fingerprint density at radius 2 is 1.86 bits per heavy atom. The van der Waals surface area contributed by atoms with Crippen molar-refractivity contribution in [1.82, 2.24) is 0 Å². The van der Waals surface area contributed by atoms with E-state index in [-0.39, 0.29) is 36.0 Å². The number of aliphatic imine (C=N–C) groups is 1. The molecule has 0 aliphatic carbocycles. The van der Waals surface area contributed by atoms with Crippen molar-refractivity contribution in [2.75, 3.05) is 0 Å². The van der Waals surface area contributed by atoms with Crippen molar-refractivity contribution in [3.8, 4) is 0 Å². The molecule has 0 N–H and O–H groups in total. The van der Waals surface area contributed by atoms with E-state index in [4.69, 9.17) is 23.2 Å². The van der Waals surface area contributed by atoms with Crippen molar-refractivity contribution in [2.24, 2.45) is 4.99 Å². The summed E-state index contributed by atoms with van der Waals surface area (Å²) in [5.74, 6) is -1.22. The first-order valence-electron chi connectivity index (χ1n) is 6.29. The summed E-state index contributed by atoms with van der Waals surface area (Å²) in [7, 11) is 0. The van der Waals surface area contributed by atoms with Gasteiger partial charge in [0.25, 0.3) is 0 Å². The van der Waals surface area contributed by atoms with E-state index in [1.165, 1.54) is 6.21 Å². The van der Waals surface area contributed by atoms with Crippen LogP contribution in [0.2, 0.25) is 10.0 Å². The predicted octanol–water partition coefficient (Wildman–Crippen LogP) is -0.223. The van der Waals surface area contributed by atoms with Crippen molar-refractivity contribution >= 4 is 35.4 Å². The summed E-state index contributed by atoms with van der Waals surface area (Å²) in [6, 6.07) is 13.2. The monoisotopic (exact) mass is 343 g/mol. The number of hydrogen-bond donors (Lipinski definition) is 0. The number of carboxylic acid groups (broad SMARTS) is 1. The van der Waals surface area contributed by atoms with Gasteiger partial charge in [0.1, 0.15) is 0 Å². The Morgan fingerprint density at radius 3 is 2.45 bits per heavy atom. The summed E-state index contributed by atoms with van der Waals surface area (Å²) < 4.78 is 0. The van der Waals surface area contributed by atoms with E-state index in [1.54, 1.807) is 18.2 Å². The molecule has 0 aliphatic rings. The SMILES string of the molecule is O=C([O-])C(Cc1ccccc1)N=Cc1ccc(Cl)cc1Cl.[Na+]. The van der Waals surface area contributed by atoms with E-state index < -0.39 is 12.0 Å². The van der Waals surface area contributed by atoms with Crippen LogP contribution in [0.15, 0.2) is 53.5 Å². The van der Waals surface area contributed by atoms with Gasteiger partial charge in [0.2, 0.25) is 0 Å². The molecule has 0 aromatic heterocycles. The molecule has 0 amide bonds. The van der Waals surface area contributed by atoms with Crippen molar-refractivity contribution in [3.05, 3.63) is 69.7 Å². The van der Waals surface area contributed by atoms with Crippen LogP contribution >= 0.6 is 23.2 Å². The Kier molecular flexibility index (Phi) is 8.15. The minimum absolute atomic E-state index is 0. The number of nitrogens with zero attached hydrogens (tertiary/aromatic N) is 1. The maximum absolute atomic E-state index is 11.2.